The summed E-state index contributed by atoms with van der Waals surface area (Å²) in [5.74, 6) is -6.56. The van der Waals surface area contributed by atoms with Gasteiger partial charge >= 0.3 is 65.4 Å². The van der Waals surface area contributed by atoms with E-state index in [4.69, 9.17) is 92.2 Å². The number of carboxylic acids is 3. The van der Waals surface area contributed by atoms with Crippen LogP contribution in [0.4, 0.5) is 5.69 Å². The van der Waals surface area contributed by atoms with Gasteiger partial charge in [-0.25, -0.2) is 53.5 Å². The summed E-state index contributed by atoms with van der Waals surface area (Å²) >= 11 is 0. The number of phenolic OH excluding ortho intramolecular Hbond substituents is 3. The number of aromatic hydroxyl groups is 3. The SMILES string of the molecule is COC(=O)C1CC(N)C(=O)C(OC)C1.COC(=O)C1CC2N=C3C(CC(C(=O)OC)CC3OC)N=C2C(OC)C1.COC(=O)c1cc(OC)c(O)c([N+](=O)[O-])c1.COC(=O)c1cc(OC)c2nc3cc(C(=O)OC)cc(OC)c3nc2c1.COC(=O)c1ccc(O)c(OC)c1.COc1cc(C(=O)O)cc2nc3c(OC)cc(C(=O)O)cc3nc12.COc1cc(C(=O)O)ccc1O. The van der Waals surface area contributed by atoms with Crippen LogP contribution in [0, 0.1) is 27.9 Å². The van der Waals surface area contributed by atoms with E-state index in [-0.39, 0.29) is 139 Å². The van der Waals surface area contributed by atoms with Crippen molar-refractivity contribution >= 4 is 127 Å². The van der Waals surface area contributed by atoms with Crippen LogP contribution < -0.4 is 38.9 Å². The van der Waals surface area contributed by atoms with Gasteiger partial charge in [-0.05, 0) is 130 Å². The smallest absolute Gasteiger partial charge is 0.338 e. The van der Waals surface area contributed by atoms with Crippen molar-refractivity contribution in [1.29, 1.82) is 0 Å². The molecule has 3 aliphatic carbocycles. The summed E-state index contributed by atoms with van der Waals surface area (Å²) in [7, 11) is 23.5. The Bertz CT molecular complexity index is 5620. The Morgan fingerprint density at radius 2 is 0.634 bits per heavy atom. The van der Waals surface area contributed by atoms with Gasteiger partial charge in [-0.15, -0.1) is 0 Å². The number of rotatable bonds is 21. The van der Waals surface area contributed by atoms with Crippen molar-refractivity contribution in [2.75, 3.05) is 121 Å². The van der Waals surface area contributed by atoms with Crippen LogP contribution in [-0.4, -0.2) is 290 Å². The molecular formula is C87H96N8O36. The minimum absolute atomic E-state index is 0.00449. The van der Waals surface area contributed by atoms with Crippen LogP contribution in [0.15, 0.2) is 107 Å². The largest absolute Gasteiger partial charge is 0.504 e. The van der Waals surface area contributed by atoms with Crippen molar-refractivity contribution < 1.29 is 169 Å². The molecule has 3 saturated carbocycles. The highest BCUT2D eigenvalue weighted by molar-refractivity contribution is 6.07. The number of carbonyl (C=O) groups is 11. The minimum atomic E-state index is -1.12. The van der Waals surface area contributed by atoms with E-state index in [2.05, 4.69) is 34.1 Å². The molecule has 0 bridgehead atoms. The first kappa shape index (κ1) is 103. The number of esters is 7. The molecule has 9 aromatic rings. The summed E-state index contributed by atoms with van der Waals surface area (Å²) < 4.78 is 84.3. The average Bonchev–Trinajstić information content (AvgIpc) is 0.767. The first-order chi connectivity index (χ1) is 62.4. The quantitative estimate of drug-likeness (QED) is 0.0117. The van der Waals surface area contributed by atoms with Crippen molar-refractivity contribution in [3.63, 3.8) is 0 Å². The summed E-state index contributed by atoms with van der Waals surface area (Å²) in [5.41, 5.74) is 10.7. The number of nitrogens with two attached hydrogens (primary N) is 1. The lowest BCUT2D eigenvalue weighted by atomic mass is 9.77. The van der Waals surface area contributed by atoms with Gasteiger partial charge in [0.25, 0.3) is 0 Å². The van der Waals surface area contributed by atoms with Crippen molar-refractivity contribution in [2.45, 2.75) is 75.0 Å². The summed E-state index contributed by atoms with van der Waals surface area (Å²) in [6.07, 6.45) is 1.78. The number of methoxy groups -OCH3 is 17. The number of aromatic carboxylic acids is 3. The standard InChI is InChI=1S/C18H26N2O6.C18H16N2O6.C16H12N2O6.C9H9NO6.C9H15NO4.C9H10O4.C8H8O4/c2*1-23-13-7-9(17(21)25-3)5-11-15(13)19-12-6-10(18(22)26-4)8-14(24-2)16(12)20-11;1-23-11-5-7(15(19)20)3-9-13(11)17-10-4-8(16(21)22)6-12(24-2)14(10)18-9;1-15-7-4-5(9(12)16-2)3-6(8(7)11)10(13)14;1-13-7-4-5(9(12)14-2)3-6(10)8(7)11;1-12-8-5-6(9(11)13-2)3-4-7(8)10;1-12-7-4-5(8(10)11)2-3-6(7)9/h9-14H,5-8H2,1-4H3;5-8H,1-4H3;3-6H,1-2H3,(H,19,20)(H,21,22);3-4,11H,1-2H3;5-7H,3-4,10H2,1-2H3;3-5,10H,1-2H3;2-4,9H,1H3,(H,10,11). The number of hydrogen-bond donors (Lipinski definition) is 7. The number of Topliss-reactive ketones (excluding diaryl/α,β-unsaturated/α-hetero) is 1. The van der Waals surface area contributed by atoms with E-state index in [1.807, 2.05) is 0 Å². The van der Waals surface area contributed by atoms with Crippen LogP contribution >= 0.6 is 0 Å². The van der Waals surface area contributed by atoms with E-state index in [1.165, 1.54) is 172 Å². The average molecular weight is 1830 g/mol. The number of aromatic nitrogens is 4. The summed E-state index contributed by atoms with van der Waals surface area (Å²) in [6, 6.07) is 20.7. The van der Waals surface area contributed by atoms with Crippen molar-refractivity contribution in [1.82, 2.24) is 19.9 Å². The predicted octanol–water partition coefficient (Wildman–Crippen LogP) is 8.25. The minimum Gasteiger partial charge on any atom is -0.504 e. The van der Waals surface area contributed by atoms with E-state index < -0.39 is 70.3 Å². The Kier molecular flexibility index (Phi) is 37.2. The van der Waals surface area contributed by atoms with E-state index in [0.717, 1.165) is 30.7 Å². The molecule has 0 spiro atoms. The van der Waals surface area contributed by atoms with E-state index in [0.29, 0.717) is 99.7 Å². The highest BCUT2D eigenvalue weighted by Gasteiger charge is 2.46. The molecule has 13 rings (SSSR count). The van der Waals surface area contributed by atoms with Crippen molar-refractivity contribution in [3.05, 3.63) is 146 Å². The molecule has 700 valence electrons. The molecule has 0 saturated heterocycles. The van der Waals surface area contributed by atoms with Gasteiger partial charge in [0.1, 0.15) is 51.2 Å². The van der Waals surface area contributed by atoms with Gasteiger partial charge in [0, 0.05) is 27.4 Å². The molecule has 3 heterocycles. The second-order valence-electron chi connectivity index (χ2n) is 28.0. The third-order valence-corrected chi connectivity index (χ3v) is 20.4. The summed E-state index contributed by atoms with van der Waals surface area (Å²) in [6.45, 7) is 0. The van der Waals surface area contributed by atoms with Crippen LogP contribution in [0.25, 0.3) is 44.1 Å². The first-order valence-corrected chi connectivity index (χ1v) is 38.8. The molecule has 9 unspecified atom stereocenters. The molecule has 4 aliphatic rings. The maximum Gasteiger partial charge on any atom is 0.338 e. The fraction of sp³-hybridized carbons (Fsp3) is 0.368. The van der Waals surface area contributed by atoms with Gasteiger partial charge in [-0.1, -0.05) is 0 Å². The molecule has 3 fully saturated rings. The third kappa shape index (κ3) is 25.1. The van der Waals surface area contributed by atoms with E-state index >= 15 is 0 Å². The van der Waals surface area contributed by atoms with Gasteiger partial charge in [0.15, 0.2) is 34.5 Å². The highest BCUT2D eigenvalue weighted by Crippen LogP contribution is 2.41. The third-order valence-electron chi connectivity index (χ3n) is 20.4. The number of benzene rings is 7. The predicted molar refractivity (Wildman–Crippen MR) is 459 cm³/mol. The Hall–Kier alpha value is -15.3. The van der Waals surface area contributed by atoms with E-state index in [1.54, 1.807) is 26.4 Å². The number of nitro benzene ring substituents is 1. The molecule has 7 aromatic carbocycles. The number of aliphatic imine (C=N–C) groups is 2. The zero-order valence-electron chi connectivity index (χ0n) is 73.8. The van der Waals surface area contributed by atoms with Gasteiger partial charge in [0.05, 0.1) is 225 Å². The molecule has 131 heavy (non-hydrogen) atoms. The van der Waals surface area contributed by atoms with Crippen LogP contribution in [0.5, 0.6) is 57.5 Å². The highest BCUT2D eigenvalue weighted by atomic mass is 16.6. The number of carbonyl (C=O) groups excluding carboxylic acids is 8. The number of ketones is 1. The number of nitro groups is 1. The molecule has 44 nitrogen and oxygen atoms in total. The normalized spacial score (nSPS) is 17.7. The number of fused-ring (bicyclic) bond motifs is 6. The number of nitrogens with zero attached hydrogens (tertiary/aromatic N) is 7. The first-order valence-electron chi connectivity index (χ1n) is 38.8. The molecule has 44 heteroatoms. The summed E-state index contributed by atoms with van der Waals surface area (Å²) in [4.78, 5) is 163. The zero-order valence-corrected chi connectivity index (χ0v) is 73.8. The molecule has 0 amide bonds. The van der Waals surface area contributed by atoms with Crippen molar-refractivity contribution in [2.24, 2.45) is 33.5 Å². The van der Waals surface area contributed by atoms with Crippen LogP contribution in [-0.2, 0) is 66.5 Å². The summed E-state index contributed by atoms with van der Waals surface area (Å²) in [5, 5.41) is 65.2. The van der Waals surface area contributed by atoms with Gasteiger partial charge in [-0.3, -0.25) is 39.3 Å². The monoisotopic (exact) mass is 1830 g/mol. The second kappa shape index (κ2) is 47.5. The Morgan fingerprint density at radius 3 is 0.947 bits per heavy atom. The second-order valence-corrected chi connectivity index (χ2v) is 28.0. The van der Waals surface area contributed by atoms with Gasteiger partial charge in [0.2, 0.25) is 5.75 Å². The van der Waals surface area contributed by atoms with Gasteiger partial charge in [-0.2, -0.15) is 0 Å². The number of carboxylic acid groups (broad SMARTS) is 3. The Morgan fingerprint density at radius 1 is 0.351 bits per heavy atom. The number of ether oxygens (including phenoxy) is 17. The van der Waals surface area contributed by atoms with Crippen LogP contribution in [0.1, 0.15) is 111 Å². The number of hydrogen-bond acceptors (Lipinski definition) is 40. The van der Waals surface area contributed by atoms with Crippen LogP contribution in [0.3, 0.4) is 0 Å². The number of phenols is 3. The fourth-order valence-electron chi connectivity index (χ4n) is 13.8. The van der Waals surface area contributed by atoms with Gasteiger partial charge < -0.3 is 117 Å². The maximum absolute atomic E-state index is 12.0. The topological polar surface area (TPSA) is 612 Å². The lowest BCUT2D eigenvalue weighted by Gasteiger charge is -2.41. The molecule has 8 N–H and O–H groups in total. The Labute approximate surface area is 745 Å². The molecule has 1 aliphatic heterocycles. The zero-order chi connectivity index (χ0) is 97.1. The molecule has 2 aromatic heterocycles. The van der Waals surface area contributed by atoms with Crippen molar-refractivity contribution in [3.8, 4) is 57.5 Å². The Balaban J connectivity index is 0.000000213. The fourth-order valence-corrected chi connectivity index (χ4v) is 13.8. The lowest BCUT2D eigenvalue weighted by Crippen LogP contribution is -2.52. The lowest BCUT2D eigenvalue weighted by molar-refractivity contribution is -0.386. The molecular weight excluding hydrogens is 1730 g/mol. The molecule has 0 radical (unpaired) electrons. The molecule has 9 atom stereocenters. The maximum atomic E-state index is 12.0. The van der Waals surface area contributed by atoms with E-state index in [9.17, 15) is 83.3 Å². The van der Waals surface area contributed by atoms with Crippen LogP contribution in [0.2, 0.25) is 0 Å².